The molecule has 4 aliphatic rings. The molecule has 0 amide bonds. The van der Waals surface area contributed by atoms with E-state index in [0.29, 0.717) is 0 Å². The lowest BCUT2D eigenvalue weighted by atomic mass is 9.86. The molecular formula is C30H40S. The normalized spacial score (nSPS) is 29.8. The summed E-state index contributed by atoms with van der Waals surface area (Å²) in [6.07, 6.45) is 19.0. The van der Waals surface area contributed by atoms with E-state index in [-0.39, 0.29) is 0 Å². The Bertz CT molecular complexity index is 948. The lowest BCUT2D eigenvalue weighted by Gasteiger charge is -2.48. The van der Waals surface area contributed by atoms with E-state index in [0.717, 1.165) is 22.3 Å². The van der Waals surface area contributed by atoms with Crippen molar-refractivity contribution in [3.63, 3.8) is 0 Å². The molecule has 0 N–H and O–H groups in total. The number of aryl methyl sites for hydroxylation is 2. The Morgan fingerprint density at radius 3 is 1.45 bits per heavy atom. The molecule has 0 nitrogen and oxygen atoms in total. The number of hydrogen-bond acceptors (Lipinski definition) is 0. The van der Waals surface area contributed by atoms with E-state index >= 15 is 0 Å². The van der Waals surface area contributed by atoms with Gasteiger partial charge in [0.2, 0.25) is 0 Å². The molecule has 4 atom stereocenters. The summed E-state index contributed by atoms with van der Waals surface area (Å²) in [5, 5.41) is 1.54. The molecule has 0 bridgehead atoms. The van der Waals surface area contributed by atoms with Crippen LogP contribution in [-0.4, -0.2) is 12.5 Å². The number of fused-ring (bicyclic) bond motifs is 6. The first kappa shape index (κ1) is 20.4. The van der Waals surface area contributed by atoms with Gasteiger partial charge in [-0.1, -0.05) is 38.1 Å². The standard InChI is InChI=1S/C30H40S/c1-19-17-27-23-11-7-5-9-21(23)13-15-25(27)29(19)31(3,4)30-20(2)18-28-24-12-8-6-10-22(24)14-16-26(28)30/h13-16,19-20,29-30H,5-12,17-18H2,1-4H3. The van der Waals surface area contributed by atoms with Gasteiger partial charge in [-0.05, 0) is 133 Å². The molecule has 166 valence electrons. The van der Waals surface area contributed by atoms with Gasteiger partial charge in [0.1, 0.15) is 0 Å². The van der Waals surface area contributed by atoms with Crippen LogP contribution in [-0.2, 0) is 38.5 Å². The predicted molar refractivity (Wildman–Crippen MR) is 137 cm³/mol. The van der Waals surface area contributed by atoms with Crippen LogP contribution in [0.3, 0.4) is 0 Å². The van der Waals surface area contributed by atoms with Crippen LogP contribution in [0.25, 0.3) is 0 Å². The zero-order valence-corrected chi connectivity index (χ0v) is 20.9. The van der Waals surface area contributed by atoms with E-state index in [4.69, 9.17) is 0 Å². The Kier molecular flexibility index (Phi) is 4.87. The van der Waals surface area contributed by atoms with E-state index < -0.39 is 10.0 Å². The number of hydrogen-bond donors (Lipinski definition) is 0. The molecule has 4 aliphatic carbocycles. The van der Waals surface area contributed by atoms with Gasteiger partial charge in [-0.25, -0.2) is 10.0 Å². The van der Waals surface area contributed by atoms with Crippen molar-refractivity contribution < 1.29 is 0 Å². The van der Waals surface area contributed by atoms with Gasteiger partial charge in [0.05, 0.1) is 0 Å². The molecule has 31 heavy (non-hydrogen) atoms. The van der Waals surface area contributed by atoms with Crippen LogP contribution in [0.2, 0.25) is 0 Å². The van der Waals surface area contributed by atoms with Crippen molar-refractivity contribution in [2.24, 2.45) is 11.8 Å². The zero-order valence-electron chi connectivity index (χ0n) is 20.1. The van der Waals surface area contributed by atoms with Gasteiger partial charge in [-0.15, -0.1) is 0 Å². The first-order valence-electron chi connectivity index (χ1n) is 12.9. The van der Waals surface area contributed by atoms with Gasteiger partial charge in [-0.2, -0.15) is 0 Å². The van der Waals surface area contributed by atoms with Crippen molar-refractivity contribution in [3.8, 4) is 0 Å². The number of rotatable bonds is 2. The second-order valence-corrected chi connectivity index (χ2v) is 15.6. The van der Waals surface area contributed by atoms with Crippen molar-refractivity contribution in [3.05, 3.63) is 68.8 Å². The van der Waals surface area contributed by atoms with Gasteiger partial charge in [0.25, 0.3) is 0 Å². The monoisotopic (exact) mass is 432 g/mol. The zero-order chi connectivity index (χ0) is 21.3. The minimum Gasteiger partial charge on any atom is -0.233 e. The lowest BCUT2D eigenvalue weighted by molar-refractivity contribution is 0.576. The molecule has 2 aromatic rings. The van der Waals surface area contributed by atoms with E-state index in [1.54, 1.807) is 44.5 Å². The highest BCUT2D eigenvalue weighted by molar-refractivity contribution is 8.33. The average molecular weight is 433 g/mol. The molecule has 2 aromatic carbocycles. The second-order valence-electron chi connectivity index (χ2n) is 11.6. The maximum absolute atomic E-state index is 2.71. The predicted octanol–water partition coefficient (Wildman–Crippen LogP) is 7.68. The molecule has 6 rings (SSSR count). The minimum absolute atomic E-state index is 0.768. The SMILES string of the molecule is CC1Cc2c(ccc3c2CCCC3)C1S(C)(C)C1c2ccc3c(c2CC1C)CCCC3. The van der Waals surface area contributed by atoms with Crippen LogP contribution in [0.4, 0.5) is 0 Å². The molecule has 1 heteroatoms. The fraction of sp³-hybridized carbons (Fsp3) is 0.600. The molecule has 0 aliphatic heterocycles. The van der Waals surface area contributed by atoms with Crippen molar-refractivity contribution in [1.82, 2.24) is 0 Å². The van der Waals surface area contributed by atoms with Crippen LogP contribution in [0, 0.1) is 11.8 Å². The van der Waals surface area contributed by atoms with Gasteiger partial charge >= 0.3 is 0 Å². The third kappa shape index (κ3) is 3.01. The Morgan fingerprint density at radius 1 is 0.581 bits per heavy atom. The summed E-state index contributed by atoms with van der Waals surface area (Å²) in [4.78, 5) is 0. The van der Waals surface area contributed by atoms with Crippen molar-refractivity contribution >= 4 is 10.0 Å². The van der Waals surface area contributed by atoms with Crippen LogP contribution >= 0.6 is 10.0 Å². The van der Waals surface area contributed by atoms with Gasteiger partial charge in [0.15, 0.2) is 0 Å². The fourth-order valence-corrected chi connectivity index (χ4v) is 13.0. The summed E-state index contributed by atoms with van der Waals surface area (Å²) < 4.78 is 0. The Hall–Kier alpha value is -1.21. The molecule has 0 radical (unpaired) electrons. The Balaban J connectivity index is 1.43. The highest BCUT2D eigenvalue weighted by atomic mass is 32.3. The highest BCUT2D eigenvalue weighted by Crippen LogP contribution is 2.73. The highest BCUT2D eigenvalue weighted by Gasteiger charge is 2.47. The first-order valence-corrected chi connectivity index (χ1v) is 15.5. The molecule has 0 heterocycles. The minimum atomic E-state index is -0.817. The summed E-state index contributed by atoms with van der Waals surface area (Å²) >= 11 is 0. The van der Waals surface area contributed by atoms with Crippen LogP contribution < -0.4 is 0 Å². The van der Waals surface area contributed by atoms with Crippen LogP contribution in [0.5, 0.6) is 0 Å². The topological polar surface area (TPSA) is 0 Å². The molecular weight excluding hydrogens is 392 g/mol. The van der Waals surface area contributed by atoms with E-state index in [9.17, 15) is 0 Å². The van der Waals surface area contributed by atoms with Crippen molar-refractivity contribution in [1.29, 1.82) is 0 Å². The second kappa shape index (κ2) is 7.41. The van der Waals surface area contributed by atoms with Gasteiger partial charge in [0, 0.05) is 10.5 Å². The maximum atomic E-state index is 2.71. The molecule has 0 spiro atoms. The largest absolute Gasteiger partial charge is 0.233 e. The smallest absolute Gasteiger partial charge is 0.0172 e. The molecule has 0 saturated carbocycles. The number of benzene rings is 2. The molecule has 0 fully saturated rings. The Labute approximate surface area is 191 Å². The van der Waals surface area contributed by atoms with Crippen molar-refractivity contribution in [2.75, 3.05) is 12.5 Å². The van der Waals surface area contributed by atoms with Gasteiger partial charge in [-0.3, -0.25) is 0 Å². The summed E-state index contributed by atoms with van der Waals surface area (Å²) in [5.74, 6) is 1.59. The lowest BCUT2D eigenvalue weighted by Crippen LogP contribution is -2.21. The summed E-state index contributed by atoms with van der Waals surface area (Å²) in [6.45, 7) is 5.14. The van der Waals surface area contributed by atoms with E-state index in [2.05, 4.69) is 50.6 Å². The summed E-state index contributed by atoms with van der Waals surface area (Å²) in [7, 11) is -0.817. The third-order valence-electron chi connectivity index (χ3n) is 9.38. The van der Waals surface area contributed by atoms with Crippen LogP contribution in [0.1, 0.15) is 94.5 Å². The summed E-state index contributed by atoms with van der Waals surface area (Å²) in [6, 6.07) is 10.2. The van der Waals surface area contributed by atoms with Crippen molar-refractivity contribution in [2.45, 2.75) is 88.6 Å². The molecule has 0 saturated heterocycles. The van der Waals surface area contributed by atoms with Gasteiger partial charge < -0.3 is 0 Å². The van der Waals surface area contributed by atoms with E-state index in [1.807, 2.05) is 0 Å². The first-order chi connectivity index (χ1) is 15.0. The molecule has 4 unspecified atom stereocenters. The van der Waals surface area contributed by atoms with E-state index in [1.165, 1.54) is 64.2 Å². The average Bonchev–Trinajstić information content (AvgIpc) is 3.30. The quantitative estimate of drug-likeness (QED) is 0.456. The maximum Gasteiger partial charge on any atom is 0.0172 e. The molecule has 0 aromatic heterocycles. The third-order valence-corrected chi connectivity index (χ3v) is 13.4. The summed E-state index contributed by atoms with van der Waals surface area (Å²) in [5.41, 5.74) is 14.0. The van der Waals surface area contributed by atoms with Crippen LogP contribution in [0.15, 0.2) is 24.3 Å². The fourth-order valence-electron chi connectivity index (χ4n) is 8.34. The Morgan fingerprint density at radius 2 is 1.00 bits per heavy atom.